The van der Waals surface area contributed by atoms with Gasteiger partial charge in [0.1, 0.15) is 6.61 Å². The summed E-state index contributed by atoms with van der Waals surface area (Å²) in [5.74, 6) is -0.336. The Bertz CT molecular complexity index is 465. The molecule has 0 fully saturated rings. The van der Waals surface area contributed by atoms with Gasteiger partial charge in [0.25, 0.3) is 10.1 Å². The maximum absolute atomic E-state index is 11.6. The molecule has 0 saturated carbocycles. The topological polar surface area (TPSA) is 60.4 Å². The summed E-state index contributed by atoms with van der Waals surface area (Å²) in [6, 6.07) is 8.48. The van der Waals surface area contributed by atoms with E-state index in [0.29, 0.717) is 12.0 Å². The summed E-state index contributed by atoms with van der Waals surface area (Å²) >= 11 is 0. The predicted octanol–water partition coefficient (Wildman–Crippen LogP) is 2.01. The van der Waals surface area contributed by atoms with E-state index in [0.717, 1.165) is 0 Å². The number of rotatable bonds is 6. The highest BCUT2D eigenvalue weighted by Crippen LogP contribution is 2.09. The third kappa shape index (κ3) is 3.94. The van der Waals surface area contributed by atoms with Crippen LogP contribution in [-0.2, 0) is 14.3 Å². The van der Waals surface area contributed by atoms with Gasteiger partial charge in [0.15, 0.2) is 5.78 Å². The van der Waals surface area contributed by atoms with Crippen molar-refractivity contribution in [2.45, 2.75) is 25.5 Å². The van der Waals surface area contributed by atoms with Crippen molar-refractivity contribution in [3.63, 3.8) is 0 Å². The Morgan fingerprint density at radius 3 is 2.41 bits per heavy atom. The van der Waals surface area contributed by atoms with Gasteiger partial charge in [-0.05, 0) is 13.3 Å². The predicted molar refractivity (Wildman–Crippen MR) is 65.4 cm³/mol. The summed E-state index contributed by atoms with van der Waals surface area (Å²) in [5, 5.41) is -0.592. The zero-order chi connectivity index (χ0) is 12.9. The van der Waals surface area contributed by atoms with Gasteiger partial charge in [-0.25, -0.2) is 0 Å². The van der Waals surface area contributed by atoms with Gasteiger partial charge in [0.05, 0.1) is 5.25 Å². The van der Waals surface area contributed by atoms with Crippen LogP contribution in [0.3, 0.4) is 0 Å². The molecule has 0 saturated heterocycles. The van der Waals surface area contributed by atoms with Crippen molar-refractivity contribution in [3.8, 4) is 0 Å². The molecule has 0 bridgehead atoms. The average molecular weight is 256 g/mol. The van der Waals surface area contributed by atoms with E-state index in [1.165, 1.54) is 0 Å². The Kier molecular flexibility index (Phi) is 4.84. The summed E-state index contributed by atoms with van der Waals surface area (Å²) in [5.41, 5.74) is 0.451. The minimum absolute atomic E-state index is 0.336. The van der Waals surface area contributed by atoms with E-state index in [4.69, 9.17) is 4.18 Å². The highest BCUT2D eigenvalue weighted by Gasteiger charge is 2.21. The summed E-state index contributed by atoms with van der Waals surface area (Å²) in [6.45, 7) is 2.88. The first kappa shape index (κ1) is 13.9. The summed E-state index contributed by atoms with van der Waals surface area (Å²) in [6.07, 6.45) is 0.460. The second kappa shape index (κ2) is 5.93. The Labute approximate surface area is 102 Å². The number of benzene rings is 1. The zero-order valence-electron chi connectivity index (χ0n) is 9.92. The van der Waals surface area contributed by atoms with Gasteiger partial charge in [0, 0.05) is 5.56 Å². The maximum Gasteiger partial charge on any atom is 0.270 e. The number of carbonyl (C=O) groups excluding carboxylic acids is 1. The van der Waals surface area contributed by atoms with Crippen LogP contribution in [0.2, 0.25) is 0 Å². The van der Waals surface area contributed by atoms with E-state index in [-0.39, 0.29) is 5.78 Å². The molecule has 0 spiro atoms. The second-order valence-electron chi connectivity index (χ2n) is 3.76. The van der Waals surface area contributed by atoms with Crippen molar-refractivity contribution in [1.29, 1.82) is 0 Å². The molecular formula is C12H16O4S. The maximum atomic E-state index is 11.6. The first-order valence-electron chi connectivity index (χ1n) is 5.44. The Balaban J connectivity index is 2.61. The number of ketones is 1. The molecule has 4 nitrogen and oxygen atoms in total. The van der Waals surface area contributed by atoms with Crippen LogP contribution < -0.4 is 0 Å². The van der Waals surface area contributed by atoms with Crippen LogP contribution in [0, 0.1) is 0 Å². The lowest BCUT2D eigenvalue weighted by atomic mass is 10.1. The molecule has 5 heteroatoms. The largest absolute Gasteiger partial charge is 0.291 e. The highest BCUT2D eigenvalue weighted by atomic mass is 32.2. The Hall–Kier alpha value is -1.20. The number of hydrogen-bond acceptors (Lipinski definition) is 4. The molecule has 1 aromatic carbocycles. The monoisotopic (exact) mass is 256 g/mol. The van der Waals surface area contributed by atoms with E-state index in [1.807, 2.05) is 0 Å². The molecule has 0 radical (unpaired) electrons. The zero-order valence-corrected chi connectivity index (χ0v) is 10.7. The molecule has 94 valence electrons. The van der Waals surface area contributed by atoms with E-state index in [9.17, 15) is 13.2 Å². The molecule has 0 N–H and O–H groups in total. The van der Waals surface area contributed by atoms with Crippen molar-refractivity contribution in [2.75, 3.05) is 6.61 Å². The molecule has 0 heterocycles. The van der Waals surface area contributed by atoms with Gasteiger partial charge in [-0.1, -0.05) is 37.3 Å². The smallest absolute Gasteiger partial charge is 0.270 e. The molecule has 1 rings (SSSR count). The van der Waals surface area contributed by atoms with E-state index in [1.54, 1.807) is 44.2 Å². The Morgan fingerprint density at radius 2 is 1.88 bits per heavy atom. The third-order valence-electron chi connectivity index (χ3n) is 2.52. The van der Waals surface area contributed by atoms with Gasteiger partial charge >= 0.3 is 0 Å². The highest BCUT2D eigenvalue weighted by molar-refractivity contribution is 7.87. The molecule has 1 unspecified atom stereocenters. The lowest BCUT2D eigenvalue weighted by molar-refractivity contribution is 0.0924. The molecule has 0 aromatic heterocycles. The van der Waals surface area contributed by atoms with Crippen molar-refractivity contribution in [3.05, 3.63) is 35.9 Å². The number of hydrogen-bond donors (Lipinski definition) is 0. The van der Waals surface area contributed by atoms with Crippen molar-refractivity contribution in [2.24, 2.45) is 0 Å². The fourth-order valence-corrected chi connectivity index (χ4v) is 2.08. The first-order valence-corrected chi connectivity index (χ1v) is 6.91. The van der Waals surface area contributed by atoms with E-state index >= 15 is 0 Å². The van der Waals surface area contributed by atoms with E-state index in [2.05, 4.69) is 0 Å². The lowest BCUT2D eigenvalue weighted by Crippen LogP contribution is -2.23. The normalized spacial score (nSPS) is 13.3. The van der Waals surface area contributed by atoms with Crippen LogP contribution in [0.1, 0.15) is 30.6 Å². The first-order chi connectivity index (χ1) is 7.97. The second-order valence-corrected chi connectivity index (χ2v) is 5.79. The molecular weight excluding hydrogens is 240 g/mol. The van der Waals surface area contributed by atoms with Crippen molar-refractivity contribution < 1.29 is 17.4 Å². The molecule has 0 aliphatic carbocycles. The molecule has 17 heavy (non-hydrogen) atoms. The van der Waals surface area contributed by atoms with Crippen LogP contribution in [0.4, 0.5) is 0 Å². The standard InChI is InChI=1S/C12H16O4S/c1-3-10(2)17(14,15)16-9-12(13)11-7-5-4-6-8-11/h4-8,10H,3,9H2,1-2H3. The summed E-state index contributed by atoms with van der Waals surface area (Å²) in [7, 11) is -3.63. The minimum Gasteiger partial charge on any atom is -0.291 e. The number of Topliss-reactive ketones (excluding diaryl/α,β-unsaturated/α-hetero) is 1. The van der Waals surface area contributed by atoms with Gasteiger partial charge in [-0.3, -0.25) is 8.98 Å². The summed E-state index contributed by atoms with van der Waals surface area (Å²) in [4.78, 5) is 11.6. The van der Waals surface area contributed by atoms with Gasteiger partial charge < -0.3 is 0 Å². The van der Waals surface area contributed by atoms with Crippen LogP contribution in [0.15, 0.2) is 30.3 Å². The van der Waals surface area contributed by atoms with Gasteiger partial charge in [-0.2, -0.15) is 8.42 Å². The molecule has 0 aliphatic rings. The van der Waals surface area contributed by atoms with Crippen LogP contribution >= 0.6 is 0 Å². The SMILES string of the molecule is CCC(C)S(=O)(=O)OCC(=O)c1ccccc1. The quantitative estimate of drug-likeness (QED) is 0.577. The average Bonchev–Trinajstić information content (AvgIpc) is 2.36. The molecule has 1 atom stereocenters. The third-order valence-corrected chi connectivity index (χ3v) is 4.28. The molecule has 1 aromatic rings. The van der Waals surface area contributed by atoms with Crippen LogP contribution in [0.5, 0.6) is 0 Å². The van der Waals surface area contributed by atoms with Gasteiger partial charge in [0.2, 0.25) is 0 Å². The van der Waals surface area contributed by atoms with Crippen molar-refractivity contribution in [1.82, 2.24) is 0 Å². The minimum atomic E-state index is -3.63. The van der Waals surface area contributed by atoms with Crippen LogP contribution in [-0.4, -0.2) is 26.1 Å². The fourth-order valence-electron chi connectivity index (χ4n) is 1.16. The van der Waals surface area contributed by atoms with Gasteiger partial charge in [-0.15, -0.1) is 0 Å². The van der Waals surface area contributed by atoms with Crippen molar-refractivity contribution >= 4 is 15.9 Å². The Morgan fingerprint density at radius 1 is 1.29 bits per heavy atom. The lowest BCUT2D eigenvalue weighted by Gasteiger charge is -2.10. The summed E-state index contributed by atoms with van der Waals surface area (Å²) < 4.78 is 27.8. The molecule has 0 aliphatic heterocycles. The fraction of sp³-hybridized carbons (Fsp3) is 0.417. The van der Waals surface area contributed by atoms with E-state index < -0.39 is 22.0 Å². The molecule has 0 amide bonds. The number of carbonyl (C=O) groups is 1. The van der Waals surface area contributed by atoms with Crippen LogP contribution in [0.25, 0.3) is 0 Å².